The molecule has 1 saturated heterocycles. The second-order valence-electron chi connectivity index (χ2n) is 4.06. The molecule has 0 aliphatic carbocycles. The maximum absolute atomic E-state index is 11.5. The van der Waals surface area contributed by atoms with E-state index in [0.29, 0.717) is 13.0 Å². The molecule has 1 aliphatic rings. The van der Waals surface area contributed by atoms with Crippen molar-refractivity contribution in [2.75, 3.05) is 13.1 Å². The number of amides is 1. The van der Waals surface area contributed by atoms with Crippen molar-refractivity contribution in [3.8, 4) is 0 Å². The van der Waals surface area contributed by atoms with E-state index < -0.39 is 0 Å². The van der Waals surface area contributed by atoms with E-state index in [0.717, 1.165) is 11.0 Å². The van der Waals surface area contributed by atoms with Crippen LogP contribution in [-0.2, 0) is 4.79 Å². The number of nitrogens with one attached hydrogen (secondary N) is 2. The molecule has 1 aromatic rings. The molecule has 86 valence electrons. The fourth-order valence-corrected chi connectivity index (χ4v) is 2.50. The Morgan fingerprint density at radius 2 is 2.19 bits per heavy atom. The topological polar surface area (TPSA) is 41.1 Å². The Hall–Kier alpha value is -0.870. The zero-order chi connectivity index (χ0) is 11.5. The highest BCUT2D eigenvalue weighted by Gasteiger charge is 2.19. The lowest BCUT2D eigenvalue weighted by Gasteiger charge is -2.17. The average molecular weight is 283 g/mol. The molecule has 1 atom stereocenters. The van der Waals surface area contributed by atoms with E-state index in [1.165, 1.54) is 11.1 Å². The van der Waals surface area contributed by atoms with Gasteiger partial charge in [0.05, 0.1) is 0 Å². The van der Waals surface area contributed by atoms with Gasteiger partial charge in [-0.25, -0.2) is 0 Å². The smallest absolute Gasteiger partial charge is 0.221 e. The summed E-state index contributed by atoms with van der Waals surface area (Å²) >= 11 is 3.45. The maximum Gasteiger partial charge on any atom is 0.221 e. The molecule has 2 N–H and O–H groups in total. The van der Waals surface area contributed by atoms with Gasteiger partial charge in [0, 0.05) is 30.0 Å². The second kappa shape index (κ2) is 4.97. The first kappa shape index (κ1) is 11.6. The molecule has 1 fully saturated rings. The van der Waals surface area contributed by atoms with E-state index in [1.54, 1.807) is 0 Å². The molecule has 0 bridgehead atoms. The molecular formula is C12H15BrN2O. The summed E-state index contributed by atoms with van der Waals surface area (Å²) in [7, 11) is 0. The molecule has 0 radical (unpaired) electrons. The fourth-order valence-electron chi connectivity index (χ4n) is 2.03. The number of rotatable bonds is 1. The minimum Gasteiger partial charge on any atom is -0.355 e. The van der Waals surface area contributed by atoms with E-state index >= 15 is 0 Å². The molecule has 4 heteroatoms. The van der Waals surface area contributed by atoms with Crippen LogP contribution in [0.2, 0.25) is 0 Å². The highest BCUT2D eigenvalue weighted by molar-refractivity contribution is 9.10. The van der Waals surface area contributed by atoms with E-state index in [4.69, 9.17) is 0 Å². The van der Waals surface area contributed by atoms with Crippen LogP contribution >= 0.6 is 15.9 Å². The van der Waals surface area contributed by atoms with Gasteiger partial charge in [-0.1, -0.05) is 22.0 Å². The number of benzene rings is 1. The zero-order valence-electron chi connectivity index (χ0n) is 9.22. The molecule has 3 nitrogen and oxygen atoms in total. The van der Waals surface area contributed by atoms with Crippen LogP contribution < -0.4 is 10.6 Å². The molecule has 1 aliphatic heterocycles. The SMILES string of the molecule is Cc1cc(Br)ccc1C1CC(=O)NCCN1. The molecular weight excluding hydrogens is 268 g/mol. The van der Waals surface area contributed by atoms with Crippen LogP contribution in [0.25, 0.3) is 0 Å². The number of halogens is 1. The Morgan fingerprint density at radius 1 is 1.38 bits per heavy atom. The van der Waals surface area contributed by atoms with Crippen LogP contribution in [0.1, 0.15) is 23.6 Å². The van der Waals surface area contributed by atoms with Crippen molar-refractivity contribution >= 4 is 21.8 Å². The molecule has 1 unspecified atom stereocenters. The molecule has 1 heterocycles. The third-order valence-corrected chi connectivity index (χ3v) is 3.33. The van der Waals surface area contributed by atoms with Crippen LogP contribution in [0.3, 0.4) is 0 Å². The third kappa shape index (κ3) is 2.62. The lowest BCUT2D eigenvalue weighted by atomic mass is 9.99. The van der Waals surface area contributed by atoms with E-state index in [1.807, 2.05) is 6.07 Å². The molecule has 0 spiro atoms. The van der Waals surface area contributed by atoms with E-state index in [2.05, 4.69) is 45.6 Å². The standard InChI is InChI=1S/C12H15BrN2O/c1-8-6-9(13)2-3-10(8)11-7-12(16)15-5-4-14-11/h2-3,6,11,14H,4-5,7H2,1H3,(H,15,16). The number of carbonyl (C=O) groups excluding carboxylic acids is 1. The van der Waals surface area contributed by atoms with Gasteiger partial charge in [-0.05, 0) is 30.2 Å². The molecule has 16 heavy (non-hydrogen) atoms. The molecule has 0 saturated carbocycles. The second-order valence-corrected chi connectivity index (χ2v) is 4.98. The monoisotopic (exact) mass is 282 g/mol. The largest absolute Gasteiger partial charge is 0.355 e. The first-order valence-electron chi connectivity index (χ1n) is 5.43. The van der Waals surface area contributed by atoms with Crippen LogP contribution in [0.5, 0.6) is 0 Å². The number of hydrogen-bond donors (Lipinski definition) is 2. The van der Waals surface area contributed by atoms with Crippen molar-refractivity contribution in [1.29, 1.82) is 0 Å². The molecule has 1 amide bonds. The first-order valence-corrected chi connectivity index (χ1v) is 6.22. The van der Waals surface area contributed by atoms with Crippen molar-refractivity contribution < 1.29 is 4.79 Å². The van der Waals surface area contributed by atoms with Gasteiger partial charge < -0.3 is 10.6 Å². The summed E-state index contributed by atoms with van der Waals surface area (Å²) in [5.41, 5.74) is 2.42. The van der Waals surface area contributed by atoms with Crippen LogP contribution in [0.4, 0.5) is 0 Å². The van der Waals surface area contributed by atoms with Gasteiger partial charge in [0.1, 0.15) is 0 Å². The third-order valence-electron chi connectivity index (χ3n) is 2.83. The first-order chi connectivity index (χ1) is 7.66. The molecule has 2 rings (SSSR count). The molecule has 1 aromatic carbocycles. The number of hydrogen-bond acceptors (Lipinski definition) is 2. The fraction of sp³-hybridized carbons (Fsp3) is 0.417. The van der Waals surface area contributed by atoms with E-state index in [9.17, 15) is 4.79 Å². The predicted octanol–water partition coefficient (Wildman–Crippen LogP) is 1.91. The summed E-state index contributed by atoms with van der Waals surface area (Å²) in [6.45, 7) is 3.61. The van der Waals surface area contributed by atoms with Gasteiger partial charge in [-0.2, -0.15) is 0 Å². The molecule has 0 aromatic heterocycles. The van der Waals surface area contributed by atoms with Gasteiger partial charge in [-0.3, -0.25) is 4.79 Å². The van der Waals surface area contributed by atoms with Gasteiger partial charge in [0.2, 0.25) is 5.91 Å². The maximum atomic E-state index is 11.5. The van der Waals surface area contributed by atoms with Crippen LogP contribution in [-0.4, -0.2) is 19.0 Å². The number of aryl methyl sites for hydroxylation is 1. The highest BCUT2D eigenvalue weighted by Crippen LogP contribution is 2.24. The quantitative estimate of drug-likeness (QED) is 0.826. The van der Waals surface area contributed by atoms with Crippen molar-refractivity contribution in [2.24, 2.45) is 0 Å². The Kier molecular flexibility index (Phi) is 3.61. The lowest BCUT2D eigenvalue weighted by Crippen LogP contribution is -2.24. The van der Waals surface area contributed by atoms with Crippen molar-refractivity contribution in [1.82, 2.24) is 10.6 Å². The van der Waals surface area contributed by atoms with Crippen LogP contribution in [0, 0.1) is 6.92 Å². The summed E-state index contributed by atoms with van der Waals surface area (Å²) < 4.78 is 1.08. The Balaban J connectivity index is 2.24. The van der Waals surface area contributed by atoms with Gasteiger partial charge >= 0.3 is 0 Å². The predicted molar refractivity (Wildman–Crippen MR) is 67.2 cm³/mol. The summed E-state index contributed by atoms with van der Waals surface area (Å²) in [5.74, 6) is 0.123. The summed E-state index contributed by atoms with van der Waals surface area (Å²) in [6, 6.07) is 6.32. The highest BCUT2D eigenvalue weighted by atomic mass is 79.9. The Bertz CT molecular complexity index is 406. The van der Waals surface area contributed by atoms with Gasteiger partial charge in [-0.15, -0.1) is 0 Å². The number of carbonyl (C=O) groups is 1. The zero-order valence-corrected chi connectivity index (χ0v) is 10.8. The summed E-state index contributed by atoms with van der Waals surface area (Å²) in [4.78, 5) is 11.5. The Labute approximate surface area is 104 Å². The van der Waals surface area contributed by atoms with Crippen LogP contribution in [0.15, 0.2) is 22.7 Å². The summed E-state index contributed by atoms with van der Waals surface area (Å²) in [6.07, 6.45) is 0.516. The van der Waals surface area contributed by atoms with Crippen molar-refractivity contribution in [3.63, 3.8) is 0 Å². The minimum absolute atomic E-state index is 0.123. The average Bonchev–Trinajstić information content (AvgIpc) is 2.43. The van der Waals surface area contributed by atoms with Gasteiger partial charge in [0.25, 0.3) is 0 Å². The Morgan fingerprint density at radius 3 is 2.94 bits per heavy atom. The minimum atomic E-state index is 0.123. The van der Waals surface area contributed by atoms with Gasteiger partial charge in [0.15, 0.2) is 0 Å². The summed E-state index contributed by atoms with van der Waals surface area (Å²) in [5, 5.41) is 6.25. The van der Waals surface area contributed by atoms with E-state index in [-0.39, 0.29) is 11.9 Å². The lowest BCUT2D eigenvalue weighted by molar-refractivity contribution is -0.121. The van der Waals surface area contributed by atoms with Crippen molar-refractivity contribution in [3.05, 3.63) is 33.8 Å². The normalized spacial score (nSPS) is 21.4. The van der Waals surface area contributed by atoms with Crippen molar-refractivity contribution in [2.45, 2.75) is 19.4 Å².